The van der Waals surface area contributed by atoms with Crippen molar-refractivity contribution in [2.24, 2.45) is 29.6 Å². The maximum Gasteiger partial charge on any atom is 0.330 e. The second-order valence-electron chi connectivity index (χ2n) is 12.5. The number of hydrogen-bond donors (Lipinski definition) is 0. The van der Waals surface area contributed by atoms with Crippen LogP contribution in [0, 0.1) is 29.6 Å². The van der Waals surface area contributed by atoms with E-state index in [0.29, 0.717) is 30.6 Å². The average molecular weight is 487 g/mol. The molecule has 5 fully saturated rings. The first-order valence-electron chi connectivity index (χ1n) is 14.7. The van der Waals surface area contributed by atoms with Crippen molar-refractivity contribution in [2.75, 3.05) is 0 Å². The lowest BCUT2D eigenvalue weighted by Gasteiger charge is -2.54. The van der Waals surface area contributed by atoms with Crippen LogP contribution in [0.15, 0.2) is 12.2 Å². The average Bonchev–Trinajstić information content (AvgIpc) is 3.39. The molecular weight excluding hydrogens is 440 g/mol. The van der Waals surface area contributed by atoms with Gasteiger partial charge in [0.25, 0.3) is 0 Å². The Balaban J connectivity index is 1.46. The first kappa shape index (κ1) is 25.3. The number of ether oxygens (including phenoxy) is 3. The molecule has 5 rings (SSSR count). The Morgan fingerprint density at radius 2 is 1.63 bits per heavy atom. The Kier molecular flexibility index (Phi) is 7.36. The summed E-state index contributed by atoms with van der Waals surface area (Å²) in [6.07, 6.45) is 18.4. The van der Waals surface area contributed by atoms with Gasteiger partial charge in [-0.2, -0.15) is 0 Å². The molecule has 0 spiro atoms. The molecule has 7 atom stereocenters. The van der Waals surface area contributed by atoms with E-state index in [4.69, 9.17) is 14.2 Å². The minimum absolute atomic E-state index is 0.155. The van der Waals surface area contributed by atoms with Gasteiger partial charge in [-0.3, -0.25) is 4.79 Å². The van der Waals surface area contributed by atoms with Crippen molar-refractivity contribution in [2.45, 2.75) is 134 Å². The molecule has 5 aliphatic rings. The number of carbonyl (C=O) groups is 2. The molecule has 0 aromatic rings. The minimum atomic E-state index is -0.554. The number of rotatable bonds is 6. The van der Waals surface area contributed by atoms with Crippen LogP contribution >= 0.6 is 0 Å². The molecule has 5 heteroatoms. The third-order valence-corrected chi connectivity index (χ3v) is 10.4. The van der Waals surface area contributed by atoms with Crippen LogP contribution in [0.1, 0.15) is 111 Å². The van der Waals surface area contributed by atoms with E-state index in [1.54, 1.807) is 6.08 Å². The van der Waals surface area contributed by atoms with Crippen molar-refractivity contribution in [1.29, 1.82) is 0 Å². The number of allylic oxidation sites excluding steroid dienone is 1. The summed E-state index contributed by atoms with van der Waals surface area (Å²) in [6.45, 7) is 6.36. The van der Waals surface area contributed by atoms with E-state index in [1.165, 1.54) is 51.4 Å². The Morgan fingerprint density at radius 1 is 0.943 bits per heavy atom. The quantitative estimate of drug-likeness (QED) is 0.315. The largest absolute Gasteiger partial charge is 0.459 e. The number of hydrogen-bond acceptors (Lipinski definition) is 5. The highest BCUT2D eigenvalue weighted by Crippen LogP contribution is 2.64. The van der Waals surface area contributed by atoms with Gasteiger partial charge in [-0.1, -0.05) is 58.4 Å². The highest BCUT2D eigenvalue weighted by Gasteiger charge is 2.73. The highest BCUT2D eigenvalue weighted by molar-refractivity contribution is 5.82. The molecular formula is C30H46O5. The maximum absolute atomic E-state index is 13.3. The van der Waals surface area contributed by atoms with Gasteiger partial charge < -0.3 is 14.2 Å². The monoisotopic (exact) mass is 486 g/mol. The topological polar surface area (TPSA) is 61.8 Å². The predicted octanol–water partition coefficient (Wildman–Crippen LogP) is 6.53. The zero-order valence-corrected chi connectivity index (χ0v) is 22.1. The summed E-state index contributed by atoms with van der Waals surface area (Å²) >= 11 is 0. The van der Waals surface area contributed by atoms with Crippen LogP contribution in [0.5, 0.6) is 0 Å². The summed E-state index contributed by atoms with van der Waals surface area (Å²) in [5.41, 5.74) is -1.06. The Bertz CT molecular complexity index is 810. The lowest BCUT2D eigenvalue weighted by Crippen LogP contribution is -2.63. The summed E-state index contributed by atoms with van der Waals surface area (Å²) in [5.74, 6) is 1.44. The van der Waals surface area contributed by atoms with Gasteiger partial charge >= 0.3 is 11.9 Å². The molecule has 0 aromatic carbocycles. The Labute approximate surface area is 211 Å². The van der Waals surface area contributed by atoms with Crippen LogP contribution in [0.3, 0.4) is 0 Å². The molecule has 2 aliphatic heterocycles. The Hall–Kier alpha value is -1.36. The van der Waals surface area contributed by atoms with E-state index >= 15 is 0 Å². The van der Waals surface area contributed by atoms with Crippen LogP contribution in [0.25, 0.3) is 0 Å². The van der Waals surface area contributed by atoms with Crippen LogP contribution in [-0.4, -0.2) is 35.3 Å². The van der Waals surface area contributed by atoms with Gasteiger partial charge in [0.15, 0.2) is 0 Å². The van der Waals surface area contributed by atoms with Gasteiger partial charge in [0, 0.05) is 24.8 Å². The van der Waals surface area contributed by atoms with E-state index in [9.17, 15) is 9.59 Å². The van der Waals surface area contributed by atoms with Crippen molar-refractivity contribution in [3.05, 3.63) is 12.2 Å². The number of esters is 2. The molecule has 7 unspecified atom stereocenters. The molecule has 3 aliphatic carbocycles. The zero-order chi connectivity index (χ0) is 24.6. The first-order chi connectivity index (χ1) is 16.9. The molecule has 2 heterocycles. The molecule has 196 valence electrons. The smallest absolute Gasteiger partial charge is 0.330 e. The maximum atomic E-state index is 13.3. The molecule has 0 N–H and O–H groups in total. The molecule has 0 aromatic heterocycles. The minimum Gasteiger partial charge on any atom is -0.459 e. The van der Waals surface area contributed by atoms with Gasteiger partial charge in [0.05, 0.1) is 0 Å². The van der Waals surface area contributed by atoms with E-state index in [2.05, 4.69) is 19.9 Å². The van der Waals surface area contributed by atoms with Crippen LogP contribution in [0.4, 0.5) is 0 Å². The number of fused-ring (bicyclic) bond motifs is 4. The van der Waals surface area contributed by atoms with Crippen molar-refractivity contribution >= 4 is 11.9 Å². The van der Waals surface area contributed by atoms with Gasteiger partial charge in [-0.25, -0.2) is 4.79 Å². The SMILES string of the molecule is CCC(=O)OC1CC2(C3CCCCC3)OC1(C)C1CCC(C)C1C2OC(=O)/C=C/C1CCCCC1. The van der Waals surface area contributed by atoms with Crippen LogP contribution in [0.2, 0.25) is 0 Å². The highest BCUT2D eigenvalue weighted by atomic mass is 16.6. The Morgan fingerprint density at radius 3 is 2.31 bits per heavy atom. The molecule has 3 saturated carbocycles. The van der Waals surface area contributed by atoms with Gasteiger partial charge in [0.1, 0.15) is 23.4 Å². The molecule has 5 nitrogen and oxygen atoms in total. The summed E-state index contributed by atoms with van der Waals surface area (Å²) in [6, 6.07) is 0. The fraction of sp³-hybridized carbons (Fsp3) is 0.867. The molecule has 2 bridgehead atoms. The predicted molar refractivity (Wildman–Crippen MR) is 135 cm³/mol. The van der Waals surface area contributed by atoms with E-state index in [-0.39, 0.29) is 36.0 Å². The molecule has 2 saturated heterocycles. The fourth-order valence-corrected chi connectivity index (χ4v) is 8.58. The summed E-state index contributed by atoms with van der Waals surface area (Å²) in [7, 11) is 0. The van der Waals surface area contributed by atoms with Crippen molar-refractivity contribution < 1.29 is 23.8 Å². The second-order valence-corrected chi connectivity index (χ2v) is 12.5. The summed E-state index contributed by atoms with van der Waals surface area (Å²) in [4.78, 5) is 25.7. The van der Waals surface area contributed by atoms with Crippen LogP contribution in [-0.2, 0) is 23.8 Å². The zero-order valence-electron chi connectivity index (χ0n) is 22.1. The lowest BCUT2D eigenvalue weighted by atomic mass is 9.66. The standard InChI is InChI=1S/C30H46O5/c1-4-25(31)33-24-19-30(22-13-9-6-10-14-22)28(27-20(2)15-17-23(27)29(24,3)35-30)34-26(32)18-16-21-11-7-5-8-12-21/h16,18,20-24,27-28H,4-15,17,19H2,1-3H3/b18-16+. The second kappa shape index (κ2) is 10.2. The lowest BCUT2D eigenvalue weighted by molar-refractivity contribution is -0.270. The van der Waals surface area contributed by atoms with Crippen molar-refractivity contribution in [3.63, 3.8) is 0 Å². The normalized spacial score (nSPS) is 42.2. The molecule has 0 radical (unpaired) electrons. The molecule has 35 heavy (non-hydrogen) atoms. The van der Waals surface area contributed by atoms with E-state index in [0.717, 1.165) is 25.7 Å². The first-order valence-corrected chi connectivity index (χ1v) is 14.7. The summed E-state index contributed by atoms with van der Waals surface area (Å²) < 4.78 is 19.7. The van der Waals surface area contributed by atoms with Crippen molar-refractivity contribution in [3.8, 4) is 0 Å². The van der Waals surface area contributed by atoms with Crippen LogP contribution < -0.4 is 0 Å². The fourth-order valence-electron chi connectivity index (χ4n) is 8.58. The van der Waals surface area contributed by atoms with Gasteiger partial charge in [-0.05, 0) is 69.1 Å². The molecule has 0 amide bonds. The third-order valence-electron chi connectivity index (χ3n) is 10.4. The van der Waals surface area contributed by atoms with E-state index in [1.807, 2.05) is 6.92 Å². The van der Waals surface area contributed by atoms with Gasteiger partial charge in [-0.15, -0.1) is 0 Å². The van der Waals surface area contributed by atoms with Gasteiger partial charge in [0.2, 0.25) is 0 Å². The van der Waals surface area contributed by atoms with E-state index < -0.39 is 11.2 Å². The third kappa shape index (κ3) is 4.60. The summed E-state index contributed by atoms with van der Waals surface area (Å²) in [5, 5.41) is 0. The van der Waals surface area contributed by atoms with Crippen molar-refractivity contribution in [1.82, 2.24) is 0 Å². The number of carbonyl (C=O) groups excluding carboxylic acids is 2.